The van der Waals surface area contributed by atoms with Crippen molar-refractivity contribution in [2.24, 2.45) is 0 Å². The molecule has 0 aliphatic rings. The summed E-state index contributed by atoms with van der Waals surface area (Å²) in [5.41, 5.74) is 0. The molecule has 0 aromatic rings. The van der Waals surface area contributed by atoms with Gasteiger partial charge in [0.25, 0.3) is 0 Å². The van der Waals surface area contributed by atoms with Crippen LogP contribution in [0.1, 0.15) is 103 Å². The molecule has 0 radical (unpaired) electrons. The Morgan fingerprint density at radius 3 is 1.20 bits per heavy atom. The molecule has 2 N–H and O–H groups in total. The SMILES string of the molecule is C=CCCCCCCCCCCCCCCCC.O.[Cd]. The fraction of sp³-hybridized carbons (Fsp3) is 0.889. The molecule has 0 heterocycles. The number of hydrogen-bond acceptors (Lipinski definition) is 0. The van der Waals surface area contributed by atoms with Crippen molar-refractivity contribution in [3.63, 3.8) is 0 Å². The third kappa shape index (κ3) is 23.7. The summed E-state index contributed by atoms with van der Waals surface area (Å²) in [6.45, 7) is 6.05. The quantitative estimate of drug-likeness (QED) is 0.183. The van der Waals surface area contributed by atoms with Gasteiger partial charge >= 0.3 is 0 Å². The van der Waals surface area contributed by atoms with Gasteiger partial charge in [0.05, 0.1) is 0 Å². The minimum absolute atomic E-state index is 0. The fourth-order valence-electron chi connectivity index (χ4n) is 2.48. The molecule has 0 aromatic carbocycles. The van der Waals surface area contributed by atoms with E-state index in [9.17, 15) is 0 Å². The van der Waals surface area contributed by atoms with Gasteiger partial charge in [0.1, 0.15) is 0 Å². The topological polar surface area (TPSA) is 31.5 Å². The zero-order valence-corrected chi connectivity index (χ0v) is 18.1. The Labute approximate surface area is 148 Å². The molecule has 0 aliphatic heterocycles. The van der Waals surface area contributed by atoms with E-state index in [0.717, 1.165) is 0 Å². The molecule has 0 bridgehead atoms. The number of rotatable bonds is 15. The molecule has 0 unspecified atom stereocenters. The Hall–Kier alpha value is 0.622. The van der Waals surface area contributed by atoms with Crippen LogP contribution < -0.4 is 0 Å². The summed E-state index contributed by atoms with van der Waals surface area (Å²) in [6, 6.07) is 0. The van der Waals surface area contributed by atoms with E-state index in [1.807, 2.05) is 6.08 Å². The van der Waals surface area contributed by atoms with E-state index in [0.29, 0.717) is 0 Å². The van der Waals surface area contributed by atoms with Crippen molar-refractivity contribution in [3.8, 4) is 0 Å². The molecule has 0 saturated carbocycles. The van der Waals surface area contributed by atoms with Crippen molar-refractivity contribution in [1.29, 1.82) is 0 Å². The van der Waals surface area contributed by atoms with Crippen LogP contribution in [0.25, 0.3) is 0 Å². The molecule has 0 saturated heterocycles. The zero-order chi connectivity index (χ0) is 13.3. The van der Waals surface area contributed by atoms with Gasteiger partial charge in [-0.25, -0.2) is 0 Å². The monoisotopic (exact) mass is 384 g/mol. The molecule has 0 fully saturated rings. The molecule has 0 amide bonds. The maximum absolute atomic E-state index is 3.76. The summed E-state index contributed by atoms with van der Waals surface area (Å²) in [7, 11) is 0. The molecule has 2 heteroatoms. The van der Waals surface area contributed by atoms with Crippen LogP contribution in [0.3, 0.4) is 0 Å². The average Bonchev–Trinajstić information content (AvgIpc) is 2.39. The molecule has 118 valence electrons. The van der Waals surface area contributed by atoms with E-state index in [1.165, 1.54) is 96.3 Å². The Morgan fingerprint density at radius 1 is 0.600 bits per heavy atom. The first kappa shape index (κ1) is 25.6. The number of unbranched alkanes of at least 4 members (excludes halogenated alkanes) is 14. The van der Waals surface area contributed by atoms with E-state index < -0.39 is 0 Å². The molecule has 0 aromatic heterocycles. The standard InChI is InChI=1S/C18H36.Cd.H2O/c1-3-5-7-9-11-13-15-17-18-16-14-12-10-8-6-4-2;;/h3H,1,4-18H2,2H3;;1H2. The number of hydrogen-bond donors (Lipinski definition) is 0. The van der Waals surface area contributed by atoms with Crippen molar-refractivity contribution >= 4 is 0 Å². The first-order valence-electron chi connectivity index (χ1n) is 8.52. The third-order valence-corrected chi connectivity index (χ3v) is 3.76. The molecule has 0 atom stereocenters. The van der Waals surface area contributed by atoms with Gasteiger partial charge in [0, 0.05) is 27.3 Å². The normalized spacial score (nSPS) is 9.65. The van der Waals surface area contributed by atoms with Crippen molar-refractivity contribution in [3.05, 3.63) is 12.7 Å². The van der Waals surface area contributed by atoms with E-state index in [2.05, 4.69) is 13.5 Å². The zero-order valence-electron chi connectivity index (χ0n) is 14.1. The van der Waals surface area contributed by atoms with Crippen LogP contribution in [0.4, 0.5) is 0 Å². The third-order valence-electron chi connectivity index (χ3n) is 3.76. The second-order valence-corrected chi connectivity index (χ2v) is 5.67. The molecular formula is C18H38CdO. The van der Waals surface area contributed by atoms with Crippen molar-refractivity contribution in [2.75, 3.05) is 0 Å². The molecular weight excluding hydrogens is 345 g/mol. The van der Waals surface area contributed by atoms with Gasteiger partial charge in [-0.1, -0.05) is 96.5 Å². The maximum Gasteiger partial charge on any atom is 0 e. The second kappa shape index (κ2) is 24.6. The van der Waals surface area contributed by atoms with Crippen LogP contribution in [-0.2, 0) is 27.3 Å². The van der Waals surface area contributed by atoms with Crippen LogP contribution in [0.15, 0.2) is 12.7 Å². The molecule has 0 aliphatic carbocycles. The summed E-state index contributed by atoms with van der Waals surface area (Å²) in [6.07, 6.45) is 23.5. The first-order valence-corrected chi connectivity index (χ1v) is 8.52. The van der Waals surface area contributed by atoms with E-state index >= 15 is 0 Å². The summed E-state index contributed by atoms with van der Waals surface area (Å²) < 4.78 is 0. The summed E-state index contributed by atoms with van der Waals surface area (Å²) in [4.78, 5) is 0. The van der Waals surface area contributed by atoms with Gasteiger partial charge in [-0.05, 0) is 12.8 Å². The summed E-state index contributed by atoms with van der Waals surface area (Å²) in [5, 5.41) is 0. The minimum atomic E-state index is 0. The summed E-state index contributed by atoms with van der Waals surface area (Å²) in [5.74, 6) is 0. The van der Waals surface area contributed by atoms with Crippen molar-refractivity contribution in [2.45, 2.75) is 103 Å². The van der Waals surface area contributed by atoms with Gasteiger partial charge in [-0.15, -0.1) is 6.58 Å². The van der Waals surface area contributed by atoms with E-state index in [1.54, 1.807) is 0 Å². The average molecular weight is 383 g/mol. The molecule has 0 spiro atoms. The van der Waals surface area contributed by atoms with Gasteiger partial charge in [-0.2, -0.15) is 0 Å². The largest absolute Gasteiger partial charge is 0.412 e. The van der Waals surface area contributed by atoms with Crippen LogP contribution in [0, 0.1) is 0 Å². The molecule has 0 rings (SSSR count). The summed E-state index contributed by atoms with van der Waals surface area (Å²) >= 11 is 0. The van der Waals surface area contributed by atoms with Gasteiger partial charge < -0.3 is 5.48 Å². The maximum atomic E-state index is 3.76. The van der Waals surface area contributed by atoms with Crippen LogP contribution in [-0.4, -0.2) is 5.48 Å². The predicted molar refractivity (Wildman–Crippen MR) is 88.7 cm³/mol. The Balaban J connectivity index is -0.00000144. The Kier molecular flexibility index (Phi) is 31.5. The van der Waals surface area contributed by atoms with E-state index in [-0.39, 0.29) is 32.8 Å². The Bertz CT molecular complexity index is 159. The van der Waals surface area contributed by atoms with Crippen LogP contribution in [0.2, 0.25) is 0 Å². The predicted octanol–water partition coefficient (Wildman–Crippen LogP) is 6.22. The molecule has 20 heavy (non-hydrogen) atoms. The van der Waals surface area contributed by atoms with Crippen LogP contribution >= 0.6 is 0 Å². The number of allylic oxidation sites excluding steroid dienone is 1. The Morgan fingerprint density at radius 2 is 0.900 bits per heavy atom. The van der Waals surface area contributed by atoms with Gasteiger partial charge in [0.15, 0.2) is 0 Å². The van der Waals surface area contributed by atoms with Crippen molar-refractivity contribution < 1.29 is 32.8 Å². The fourth-order valence-corrected chi connectivity index (χ4v) is 2.48. The van der Waals surface area contributed by atoms with Gasteiger partial charge in [-0.3, -0.25) is 0 Å². The second-order valence-electron chi connectivity index (χ2n) is 5.67. The first-order chi connectivity index (χ1) is 8.91. The van der Waals surface area contributed by atoms with Crippen molar-refractivity contribution in [1.82, 2.24) is 0 Å². The van der Waals surface area contributed by atoms with Crippen LogP contribution in [0.5, 0.6) is 0 Å². The van der Waals surface area contributed by atoms with E-state index in [4.69, 9.17) is 0 Å². The smallest absolute Gasteiger partial charge is 0 e. The molecule has 1 nitrogen and oxygen atoms in total. The minimum Gasteiger partial charge on any atom is -0.412 e. The van der Waals surface area contributed by atoms with Gasteiger partial charge in [0.2, 0.25) is 0 Å².